The van der Waals surface area contributed by atoms with Crippen molar-refractivity contribution in [1.29, 1.82) is 0 Å². The fraction of sp³-hybridized carbons (Fsp3) is 0.357. The van der Waals surface area contributed by atoms with E-state index in [1.807, 2.05) is 24.3 Å². The van der Waals surface area contributed by atoms with Crippen LogP contribution < -0.4 is 4.74 Å². The van der Waals surface area contributed by atoms with E-state index in [1.165, 1.54) is 13.2 Å². The predicted molar refractivity (Wildman–Crippen MR) is 90.3 cm³/mol. The number of methoxy groups -OCH3 is 1. The average molecular weight is 368 g/mol. The molecule has 0 heterocycles. The summed E-state index contributed by atoms with van der Waals surface area (Å²) < 4.78 is 10.1. The highest BCUT2D eigenvalue weighted by Gasteiger charge is 2.23. The molecule has 0 N–H and O–H groups in total. The van der Waals surface area contributed by atoms with Crippen molar-refractivity contribution in [1.82, 2.24) is 0 Å². The number of hydrogen-bond donors (Lipinski definition) is 0. The van der Waals surface area contributed by atoms with E-state index in [-0.39, 0.29) is 5.97 Å². The molecule has 0 radical (unpaired) electrons. The molecule has 7 heteroatoms. The number of unbranched alkanes of at least 4 members (excludes halogenated alkanes) is 1. The van der Waals surface area contributed by atoms with Crippen molar-refractivity contribution in [3.63, 3.8) is 0 Å². The molecule has 0 atom stereocenters. The number of carbonyl (C=O) groups is 1. The standard InChI is InChI=1S/C14H17Cl3O3Si/c1-19-14(18)9-6-12-4-7-13(8-5-12)20-10-2-3-11-21(15,16)17/h4-9H,2-3,10-11H2,1H3. The zero-order valence-corrected chi connectivity index (χ0v) is 14.9. The Morgan fingerprint density at radius 1 is 1.19 bits per heavy atom. The molecule has 0 fully saturated rings. The third kappa shape index (κ3) is 9.04. The van der Waals surface area contributed by atoms with E-state index < -0.39 is 6.00 Å². The fourth-order valence-electron chi connectivity index (χ4n) is 1.52. The van der Waals surface area contributed by atoms with E-state index in [4.69, 9.17) is 38.0 Å². The molecule has 0 aliphatic carbocycles. The largest absolute Gasteiger partial charge is 0.494 e. The van der Waals surface area contributed by atoms with Crippen molar-refractivity contribution in [2.75, 3.05) is 13.7 Å². The van der Waals surface area contributed by atoms with Gasteiger partial charge in [0, 0.05) is 6.08 Å². The number of carbonyl (C=O) groups excluding carboxylic acids is 1. The van der Waals surface area contributed by atoms with Gasteiger partial charge in [-0.1, -0.05) is 12.1 Å². The van der Waals surface area contributed by atoms with Gasteiger partial charge in [-0.3, -0.25) is 0 Å². The normalized spacial score (nSPS) is 11.6. The summed E-state index contributed by atoms with van der Waals surface area (Å²) >= 11 is 17.4. The molecule has 0 aliphatic heterocycles. The van der Waals surface area contributed by atoms with Gasteiger partial charge in [0.2, 0.25) is 0 Å². The summed E-state index contributed by atoms with van der Waals surface area (Å²) in [6.45, 7) is 0.590. The van der Waals surface area contributed by atoms with Crippen molar-refractivity contribution in [2.24, 2.45) is 0 Å². The molecule has 1 aromatic carbocycles. The lowest BCUT2D eigenvalue weighted by Gasteiger charge is -2.08. The number of hydrogen-bond acceptors (Lipinski definition) is 3. The molecular formula is C14H17Cl3O3Si. The number of halogens is 3. The fourth-order valence-corrected chi connectivity index (χ4v) is 3.38. The van der Waals surface area contributed by atoms with Crippen LogP contribution in [0.1, 0.15) is 18.4 Å². The van der Waals surface area contributed by atoms with Crippen LogP contribution in [0.2, 0.25) is 6.04 Å². The zero-order valence-electron chi connectivity index (χ0n) is 11.7. The van der Waals surface area contributed by atoms with E-state index in [0.717, 1.165) is 24.2 Å². The first-order valence-electron chi connectivity index (χ1n) is 6.46. The lowest BCUT2D eigenvalue weighted by Crippen LogP contribution is -2.09. The van der Waals surface area contributed by atoms with E-state index in [1.54, 1.807) is 6.08 Å². The Hall–Kier alpha value is -0.683. The molecule has 0 saturated carbocycles. The van der Waals surface area contributed by atoms with Gasteiger partial charge < -0.3 is 9.47 Å². The van der Waals surface area contributed by atoms with Crippen molar-refractivity contribution in [2.45, 2.75) is 18.9 Å². The average Bonchev–Trinajstić information content (AvgIpc) is 2.44. The smallest absolute Gasteiger partial charge is 0.341 e. The third-order valence-electron chi connectivity index (χ3n) is 2.62. The van der Waals surface area contributed by atoms with E-state index >= 15 is 0 Å². The molecule has 1 aromatic rings. The highest BCUT2D eigenvalue weighted by Crippen LogP contribution is 2.27. The highest BCUT2D eigenvalue weighted by atomic mass is 35.8. The van der Waals surface area contributed by atoms with E-state index in [2.05, 4.69) is 4.74 Å². The summed E-state index contributed by atoms with van der Waals surface area (Å²) in [6, 6.07) is 5.58. The van der Waals surface area contributed by atoms with Crippen LogP contribution in [0, 0.1) is 0 Å². The van der Waals surface area contributed by atoms with Crippen LogP contribution in [0.15, 0.2) is 30.3 Å². The van der Waals surface area contributed by atoms with Crippen LogP contribution in [0.4, 0.5) is 0 Å². The lowest BCUT2D eigenvalue weighted by molar-refractivity contribution is -0.134. The van der Waals surface area contributed by atoms with Crippen molar-refractivity contribution in [3.8, 4) is 5.75 Å². The minimum atomic E-state index is -2.50. The van der Waals surface area contributed by atoms with Gasteiger partial charge in [-0.2, -0.15) is 0 Å². The first-order chi connectivity index (χ1) is 9.90. The topological polar surface area (TPSA) is 35.5 Å². The van der Waals surface area contributed by atoms with Gasteiger partial charge in [-0.15, -0.1) is 33.2 Å². The second-order valence-corrected chi connectivity index (χ2v) is 13.6. The maximum atomic E-state index is 11.0. The maximum Gasteiger partial charge on any atom is 0.341 e. The summed E-state index contributed by atoms with van der Waals surface area (Å²) in [7, 11) is 1.34. The number of benzene rings is 1. The van der Waals surface area contributed by atoms with Crippen LogP contribution in [0.3, 0.4) is 0 Å². The summed E-state index contributed by atoms with van der Waals surface area (Å²) in [5, 5.41) is 0. The maximum absolute atomic E-state index is 11.0. The van der Waals surface area contributed by atoms with E-state index in [9.17, 15) is 4.79 Å². The first-order valence-corrected chi connectivity index (χ1v) is 11.7. The quantitative estimate of drug-likeness (QED) is 0.220. The molecule has 0 amide bonds. The van der Waals surface area contributed by atoms with Crippen molar-refractivity contribution < 1.29 is 14.3 Å². The molecular weight excluding hydrogens is 351 g/mol. The molecule has 21 heavy (non-hydrogen) atoms. The minimum Gasteiger partial charge on any atom is -0.494 e. The van der Waals surface area contributed by atoms with Gasteiger partial charge in [0.05, 0.1) is 13.7 Å². The SMILES string of the molecule is COC(=O)C=Cc1ccc(OCCCC[Si](Cl)(Cl)Cl)cc1. The van der Waals surface area contributed by atoms with Gasteiger partial charge in [0.1, 0.15) is 5.75 Å². The monoisotopic (exact) mass is 366 g/mol. The summed E-state index contributed by atoms with van der Waals surface area (Å²) in [5.74, 6) is 0.393. The van der Waals surface area contributed by atoms with Crippen LogP contribution in [-0.4, -0.2) is 25.7 Å². The highest BCUT2D eigenvalue weighted by molar-refractivity contribution is 7.64. The van der Waals surface area contributed by atoms with Crippen LogP contribution in [0.5, 0.6) is 5.75 Å². The van der Waals surface area contributed by atoms with Gasteiger partial charge in [-0.25, -0.2) is 4.79 Å². The van der Waals surface area contributed by atoms with Gasteiger partial charge >= 0.3 is 12.0 Å². The van der Waals surface area contributed by atoms with Crippen molar-refractivity contribution >= 4 is 51.3 Å². The molecule has 3 nitrogen and oxygen atoms in total. The Kier molecular flexibility index (Phi) is 8.18. The Bertz CT molecular complexity index is 469. The molecule has 0 bridgehead atoms. The third-order valence-corrected chi connectivity index (χ3v) is 5.24. The zero-order chi connectivity index (χ0) is 15.7. The molecule has 0 unspecified atom stereocenters. The minimum absolute atomic E-state index is 0.382. The van der Waals surface area contributed by atoms with E-state index in [0.29, 0.717) is 12.7 Å². The van der Waals surface area contributed by atoms with Gasteiger partial charge in [-0.05, 0) is 42.7 Å². The number of ether oxygens (including phenoxy) is 2. The second kappa shape index (κ2) is 9.36. The Labute approximate surface area is 139 Å². The van der Waals surface area contributed by atoms with Gasteiger partial charge in [0.25, 0.3) is 0 Å². The number of rotatable bonds is 8. The van der Waals surface area contributed by atoms with Crippen molar-refractivity contribution in [3.05, 3.63) is 35.9 Å². The lowest BCUT2D eigenvalue weighted by atomic mass is 10.2. The molecule has 1 rings (SSSR count). The summed E-state index contributed by atoms with van der Waals surface area (Å²) in [6.07, 6.45) is 4.76. The molecule has 0 saturated heterocycles. The Morgan fingerprint density at radius 2 is 1.86 bits per heavy atom. The number of esters is 1. The Morgan fingerprint density at radius 3 is 2.43 bits per heavy atom. The summed E-state index contributed by atoms with van der Waals surface area (Å²) in [4.78, 5) is 11.0. The van der Waals surface area contributed by atoms with Crippen LogP contribution in [0.25, 0.3) is 6.08 Å². The molecule has 116 valence electrons. The molecule has 0 aliphatic rings. The predicted octanol–water partition coefficient (Wildman–Crippen LogP) is 4.69. The molecule has 0 aromatic heterocycles. The Balaban J connectivity index is 2.31. The first kappa shape index (κ1) is 18.4. The second-order valence-electron chi connectivity index (χ2n) is 4.35. The van der Waals surface area contributed by atoms with Crippen LogP contribution >= 0.6 is 33.2 Å². The van der Waals surface area contributed by atoms with Crippen LogP contribution in [-0.2, 0) is 9.53 Å². The van der Waals surface area contributed by atoms with Gasteiger partial charge in [0.15, 0.2) is 0 Å². The summed E-state index contributed by atoms with van der Waals surface area (Å²) in [5.41, 5.74) is 0.898. The molecule has 0 spiro atoms.